The minimum atomic E-state index is -4.73. The Kier molecular flexibility index (Phi) is 4.87. The van der Waals surface area contributed by atoms with Gasteiger partial charge in [-0.2, -0.15) is 0 Å². The second-order valence-corrected chi connectivity index (χ2v) is 7.31. The molecule has 3 aromatic rings. The maximum Gasteiger partial charge on any atom is 0.573 e. The number of nitrogens with one attached hydrogen (secondary N) is 1. The van der Waals surface area contributed by atoms with Crippen molar-refractivity contribution in [2.24, 2.45) is 5.92 Å². The van der Waals surface area contributed by atoms with E-state index in [2.05, 4.69) is 27.1 Å². The molecule has 0 unspecified atom stereocenters. The Morgan fingerprint density at radius 2 is 1.89 bits per heavy atom. The summed E-state index contributed by atoms with van der Waals surface area (Å²) in [5, 5.41) is 8.08. The number of anilines is 1. The zero-order chi connectivity index (χ0) is 19.7. The topological polar surface area (TPSA) is 51.5 Å². The number of imidazole rings is 1. The van der Waals surface area contributed by atoms with Gasteiger partial charge in [0, 0.05) is 11.6 Å². The lowest BCUT2D eigenvalue weighted by atomic mass is 9.87. The Morgan fingerprint density at radius 1 is 1.11 bits per heavy atom. The Balaban J connectivity index is 1.61. The van der Waals surface area contributed by atoms with Crippen molar-refractivity contribution in [3.05, 3.63) is 42.6 Å². The third kappa shape index (κ3) is 4.21. The summed E-state index contributed by atoms with van der Waals surface area (Å²) in [7, 11) is 0. The molecule has 4 rings (SSSR count). The zero-order valence-electron chi connectivity index (χ0n) is 15.4. The summed E-state index contributed by atoms with van der Waals surface area (Å²) >= 11 is 0. The molecule has 0 saturated heterocycles. The van der Waals surface area contributed by atoms with E-state index in [1.54, 1.807) is 16.8 Å². The van der Waals surface area contributed by atoms with E-state index in [0.717, 1.165) is 24.6 Å². The van der Waals surface area contributed by atoms with Gasteiger partial charge in [0.1, 0.15) is 11.6 Å². The highest BCUT2D eigenvalue weighted by Gasteiger charge is 2.31. The van der Waals surface area contributed by atoms with Crippen LogP contribution in [0.5, 0.6) is 5.75 Å². The maximum absolute atomic E-state index is 12.5. The first kappa shape index (κ1) is 18.6. The van der Waals surface area contributed by atoms with Crippen molar-refractivity contribution >= 4 is 11.5 Å². The fourth-order valence-electron chi connectivity index (χ4n) is 3.61. The van der Waals surface area contributed by atoms with Gasteiger partial charge in [-0.3, -0.25) is 0 Å². The zero-order valence-corrected chi connectivity index (χ0v) is 15.4. The first-order valence-electron chi connectivity index (χ1n) is 9.35. The van der Waals surface area contributed by atoms with Crippen LogP contribution in [0.2, 0.25) is 0 Å². The molecular weight excluding hydrogens is 369 g/mol. The number of nitrogens with zero attached hydrogens (tertiary/aromatic N) is 3. The Labute approximate surface area is 160 Å². The number of hydrogen-bond donors (Lipinski definition) is 1. The number of fused-ring (bicyclic) bond motifs is 1. The Morgan fingerprint density at radius 3 is 2.64 bits per heavy atom. The van der Waals surface area contributed by atoms with Crippen molar-refractivity contribution in [2.75, 3.05) is 5.32 Å². The van der Waals surface area contributed by atoms with Gasteiger partial charge in [0.15, 0.2) is 5.65 Å². The van der Waals surface area contributed by atoms with E-state index >= 15 is 0 Å². The van der Waals surface area contributed by atoms with Crippen molar-refractivity contribution in [1.29, 1.82) is 0 Å². The molecule has 1 N–H and O–H groups in total. The van der Waals surface area contributed by atoms with Gasteiger partial charge in [0.25, 0.3) is 0 Å². The predicted molar refractivity (Wildman–Crippen MR) is 100 cm³/mol. The molecule has 0 aliphatic heterocycles. The molecule has 0 spiro atoms. The molecule has 0 bridgehead atoms. The molecule has 1 aliphatic carbocycles. The maximum atomic E-state index is 12.5. The molecule has 28 heavy (non-hydrogen) atoms. The molecule has 0 amide bonds. The number of alkyl halides is 3. The second-order valence-electron chi connectivity index (χ2n) is 7.31. The first-order valence-corrected chi connectivity index (χ1v) is 9.35. The molecule has 1 fully saturated rings. The van der Waals surface area contributed by atoms with Crippen LogP contribution in [0.3, 0.4) is 0 Å². The van der Waals surface area contributed by atoms with Gasteiger partial charge < -0.3 is 10.1 Å². The van der Waals surface area contributed by atoms with Gasteiger partial charge in [0.2, 0.25) is 0 Å². The van der Waals surface area contributed by atoms with Crippen molar-refractivity contribution in [3.63, 3.8) is 0 Å². The predicted octanol–water partition coefficient (Wildman–Crippen LogP) is 5.29. The van der Waals surface area contributed by atoms with Crippen LogP contribution in [0, 0.1) is 5.92 Å². The van der Waals surface area contributed by atoms with E-state index in [1.165, 1.54) is 31.0 Å². The summed E-state index contributed by atoms with van der Waals surface area (Å²) in [6, 6.07) is 9.94. The lowest BCUT2D eigenvalue weighted by molar-refractivity contribution is -0.274. The van der Waals surface area contributed by atoms with Crippen LogP contribution in [0.1, 0.15) is 32.6 Å². The van der Waals surface area contributed by atoms with Gasteiger partial charge in [-0.15, -0.1) is 18.3 Å². The fraction of sp³-hybridized carbons (Fsp3) is 0.400. The lowest BCUT2D eigenvalue weighted by Gasteiger charge is -2.27. The van der Waals surface area contributed by atoms with Crippen molar-refractivity contribution in [1.82, 2.24) is 14.6 Å². The molecule has 2 aromatic heterocycles. The number of halogens is 3. The highest BCUT2D eigenvalue weighted by atomic mass is 19.4. The Hall–Kier alpha value is -2.77. The quantitative estimate of drug-likeness (QED) is 0.658. The molecule has 0 radical (unpaired) electrons. The minimum absolute atomic E-state index is 0.273. The number of benzene rings is 1. The van der Waals surface area contributed by atoms with Gasteiger partial charge >= 0.3 is 6.36 Å². The molecule has 8 heteroatoms. The molecule has 0 atom stereocenters. The van der Waals surface area contributed by atoms with Crippen LogP contribution in [0.15, 0.2) is 42.6 Å². The van der Waals surface area contributed by atoms with Gasteiger partial charge in [-0.25, -0.2) is 9.50 Å². The summed E-state index contributed by atoms with van der Waals surface area (Å²) in [5.41, 5.74) is 1.77. The van der Waals surface area contributed by atoms with Gasteiger partial charge in [0.05, 0.1) is 11.9 Å². The summed E-state index contributed by atoms with van der Waals surface area (Å²) in [6.07, 6.45) is 1.47. The molecule has 148 valence electrons. The van der Waals surface area contributed by atoms with E-state index in [1.807, 2.05) is 12.1 Å². The SMILES string of the molecule is CC1CCC(Nc2ccc3ncc(-c4cccc(OC(F)(F)F)c4)n3n2)CC1. The van der Waals surface area contributed by atoms with Crippen molar-refractivity contribution < 1.29 is 17.9 Å². The van der Waals surface area contributed by atoms with Crippen LogP contribution < -0.4 is 10.1 Å². The monoisotopic (exact) mass is 390 g/mol. The minimum Gasteiger partial charge on any atom is -0.406 e. The van der Waals surface area contributed by atoms with E-state index < -0.39 is 6.36 Å². The fourth-order valence-corrected chi connectivity index (χ4v) is 3.61. The standard InChI is InChI=1S/C20H21F3N4O/c1-13-5-7-15(8-6-13)25-18-9-10-19-24-12-17(27(19)26-18)14-3-2-4-16(11-14)28-20(21,22)23/h2-4,9-13,15H,5-8H2,1H3,(H,25,26). The lowest BCUT2D eigenvalue weighted by Crippen LogP contribution is -2.25. The van der Waals surface area contributed by atoms with Crippen LogP contribution in [-0.2, 0) is 0 Å². The smallest absolute Gasteiger partial charge is 0.406 e. The number of ether oxygens (including phenoxy) is 1. The molecule has 1 aliphatic rings. The highest BCUT2D eigenvalue weighted by Crippen LogP contribution is 2.29. The molecule has 1 saturated carbocycles. The molecule has 1 aromatic carbocycles. The van der Waals surface area contributed by atoms with Crippen molar-refractivity contribution in [3.8, 4) is 17.0 Å². The number of hydrogen-bond acceptors (Lipinski definition) is 4. The molecular formula is C20H21F3N4O. The summed E-state index contributed by atoms with van der Waals surface area (Å²) in [5.74, 6) is 1.22. The average Bonchev–Trinajstić information content (AvgIpc) is 3.06. The van der Waals surface area contributed by atoms with Gasteiger partial charge in [-0.05, 0) is 55.9 Å². The molecule has 2 heterocycles. The van der Waals surface area contributed by atoms with Crippen molar-refractivity contribution in [2.45, 2.75) is 45.0 Å². The third-order valence-electron chi connectivity index (χ3n) is 5.09. The van der Waals surface area contributed by atoms with E-state index in [0.29, 0.717) is 22.9 Å². The summed E-state index contributed by atoms with van der Waals surface area (Å²) in [4.78, 5) is 4.31. The van der Waals surface area contributed by atoms with E-state index in [-0.39, 0.29) is 5.75 Å². The first-order chi connectivity index (χ1) is 13.4. The van der Waals surface area contributed by atoms with Gasteiger partial charge in [-0.1, -0.05) is 19.1 Å². The van der Waals surface area contributed by atoms with E-state index in [9.17, 15) is 13.2 Å². The highest BCUT2D eigenvalue weighted by molar-refractivity contribution is 5.65. The van der Waals surface area contributed by atoms with Crippen LogP contribution in [0.25, 0.3) is 16.9 Å². The normalized spacial score (nSPS) is 20.3. The summed E-state index contributed by atoms with van der Waals surface area (Å²) < 4.78 is 43.2. The number of aromatic nitrogens is 3. The van der Waals surface area contributed by atoms with Crippen LogP contribution in [-0.4, -0.2) is 27.0 Å². The largest absolute Gasteiger partial charge is 0.573 e. The summed E-state index contributed by atoms with van der Waals surface area (Å²) in [6.45, 7) is 2.27. The number of rotatable bonds is 4. The van der Waals surface area contributed by atoms with E-state index in [4.69, 9.17) is 0 Å². The third-order valence-corrected chi connectivity index (χ3v) is 5.09. The van der Waals surface area contributed by atoms with Crippen LogP contribution in [0.4, 0.5) is 19.0 Å². The molecule has 5 nitrogen and oxygen atoms in total. The van der Waals surface area contributed by atoms with Crippen LogP contribution >= 0.6 is 0 Å². The Bertz CT molecular complexity index is 961. The second kappa shape index (κ2) is 7.33. The average molecular weight is 390 g/mol.